The summed E-state index contributed by atoms with van der Waals surface area (Å²) in [5.41, 5.74) is 0.628. The molecule has 0 unspecified atom stereocenters. The Labute approximate surface area is 170 Å². The van der Waals surface area contributed by atoms with Gasteiger partial charge in [-0.2, -0.15) is 0 Å². The number of rotatable bonds is 7. The summed E-state index contributed by atoms with van der Waals surface area (Å²) in [7, 11) is 0. The number of halogens is 3. The van der Waals surface area contributed by atoms with Gasteiger partial charge in [0, 0.05) is 13.0 Å². The molecule has 1 aliphatic heterocycles. The number of benzene rings is 2. The monoisotopic (exact) mass is 410 g/mol. The Bertz CT molecular complexity index is 783. The average Bonchev–Trinajstić information content (AvgIpc) is 2.69. The zero-order chi connectivity index (χ0) is 19.1. The number of hydrogen-bond acceptors (Lipinski definition) is 3. The van der Waals surface area contributed by atoms with Crippen LogP contribution in [0.5, 0.6) is 11.5 Å². The molecule has 2 aromatic carbocycles. The van der Waals surface area contributed by atoms with Crippen molar-refractivity contribution >= 4 is 18.3 Å². The molecule has 0 saturated carbocycles. The van der Waals surface area contributed by atoms with Crippen LogP contribution in [0.1, 0.15) is 31.2 Å². The van der Waals surface area contributed by atoms with Crippen LogP contribution in [0, 0.1) is 17.6 Å². The molecule has 0 radical (unpaired) electrons. The van der Waals surface area contributed by atoms with E-state index < -0.39 is 11.6 Å². The normalized spacial score (nSPS) is 14.2. The molecule has 0 aliphatic carbocycles. The highest BCUT2D eigenvalue weighted by Crippen LogP contribution is 2.27. The third-order valence-electron chi connectivity index (χ3n) is 4.78. The summed E-state index contributed by atoms with van der Waals surface area (Å²) in [6.07, 6.45) is 3.60. The lowest BCUT2D eigenvalue weighted by atomic mass is 9.93. The Balaban J connectivity index is 0.00000280. The minimum Gasteiger partial charge on any atom is -0.451 e. The zero-order valence-electron chi connectivity index (χ0n) is 15.5. The number of ether oxygens (including phenoxy) is 1. The lowest BCUT2D eigenvalue weighted by molar-refractivity contribution is -0.121. The number of piperidine rings is 1. The Morgan fingerprint density at radius 3 is 2.50 bits per heavy atom. The number of amides is 1. The number of para-hydroxylation sites is 1. The van der Waals surface area contributed by atoms with Gasteiger partial charge in [0.25, 0.3) is 0 Å². The van der Waals surface area contributed by atoms with Gasteiger partial charge in [0.2, 0.25) is 5.91 Å². The van der Waals surface area contributed by atoms with E-state index in [9.17, 15) is 13.6 Å². The van der Waals surface area contributed by atoms with Crippen molar-refractivity contribution in [2.45, 2.75) is 32.2 Å². The van der Waals surface area contributed by atoms with Crippen molar-refractivity contribution in [1.82, 2.24) is 10.6 Å². The summed E-state index contributed by atoms with van der Waals surface area (Å²) in [5.74, 6) is -0.664. The second-order valence-corrected chi connectivity index (χ2v) is 6.81. The highest BCUT2D eigenvalue weighted by atomic mass is 35.5. The SMILES string of the molecule is Cl.O=C(CCC1CCNCC1)NCc1ccc(Oc2ccccc2F)c(F)c1. The molecule has 0 aromatic heterocycles. The van der Waals surface area contributed by atoms with Gasteiger partial charge in [-0.25, -0.2) is 8.78 Å². The average molecular weight is 411 g/mol. The molecule has 1 heterocycles. The first-order chi connectivity index (χ1) is 13.1. The first kappa shape index (κ1) is 22.1. The molecule has 1 fully saturated rings. The van der Waals surface area contributed by atoms with Crippen molar-refractivity contribution in [2.24, 2.45) is 5.92 Å². The molecule has 1 amide bonds. The molecule has 1 saturated heterocycles. The van der Waals surface area contributed by atoms with Gasteiger partial charge in [0.1, 0.15) is 0 Å². The summed E-state index contributed by atoms with van der Waals surface area (Å²) in [4.78, 5) is 12.0. The zero-order valence-corrected chi connectivity index (χ0v) is 16.4. The molecule has 0 spiro atoms. The van der Waals surface area contributed by atoms with Crippen LogP contribution >= 0.6 is 12.4 Å². The van der Waals surface area contributed by atoms with E-state index in [0.717, 1.165) is 32.4 Å². The molecule has 7 heteroatoms. The fraction of sp³-hybridized carbons (Fsp3) is 0.381. The highest BCUT2D eigenvalue weighted by molar-refractivity contribution is 5.85. The van der Waals surface area contributed by atoms with E-state index in [1.165, 1.54) is 30.3 Å². The van der Waals surface area contributed by atoms with Crippen LogP contribution in [0.3, 0.4) is 0 Å². The van der Waals surface area contributed by atoms with Crippen molar-refractivity contribution in [1.29, 1.82) is 0 Å². The van der Waals surface area contributed by atoms with Crippen molar-refractivity contribution in [3.8, 4) is 11.5 Å². The van der Waals surface area contributed by atoms with E-state index in [2.05, 4.69) is 10.6 Å². The summed E-state index contributed by atoms with van der Waals surface area (Å²) in [6.45, 7) is 2.29. The maximum atomic E-state index is 14.2. The van der Waals surface area contributed by atoms with E-state index in [-0.39, 0.29) is 36.4 Å². The Hall–Kier alpha value is -2.18. The van der Waals surface area contributed by atoms with Crippen LogP contribution in [0.25, 0.3) is 0 Å². The van der Waals surface area contributed by atoms with Gasteiger partial charge in [0.05, 0.1) is 0 Å². The van der Waals surface area contributed by atoms with Crippen LogP contribution in [0.2, 0.25) is 0 Å². The second kappa shape index (κ2) is 11.0. The van der Waals surface area contributed by atoms with Crippen LogP contribution in [-0.2, 0) is 11.3 Å². The van der Waals surface area contributed by atoms with E-state index in [1.807, 2.05) is 0 Å². The van der Waals surface area contributed by atoms with E-state index in [0.29, 0.717) is 17.9 Å². The van der Waals surface area contributed by atoms with Gasteiger partial charge in [-0.15, -0.1) is 12.4 Å². The van der Waals surface area contributed by atoms with Gasteiger partial charge in [0.15, 0.2) is 23.1 Å². The largest absolute Gasteiger partial charge is 0.451 e. The van der Waals surface area contributed by atoms with Gasteiger partial charge in [-0.3, -0.25) is 4.79 Å². The Kier molecular flexibility index (Phi) is 8.67. The van der Waals surface area contributed by atoms with Crippen molar-refractivity contribution < 1.29 is 18.3 Å². The van der Waals surface area contributed by atoms with Crippen molar-refractivity contribution in [3.05, 3.63) is 59.7 Å². The number of carbonyl (C=O) groups excluding carboxylic acids is 1. The van der Waals surface area contributed by atoms with Crippen LogP contribution in [0.4, 0.5) is 8.78 Å². The fourth-order valence-corrected chi connectivity index (χ4v) is 3.18. The first-order valence-corrected chi connectivity index (χ1v) is 9.30. The van der Waals surface area contributed by atoms with Crippen LogP contribution in [0.15, 0.2) is 42.5 Å². The summed E-state index contributed by atoms with van der Waals surface area (Å²) < 4.78 is 33.1. The molecule has 2 aromatic rings. The fourth-order valence-electron chi connectivity index (χ4n) is 3.18. The molecule has 152 valence electrons. The van der Waals surface area contributed by atoms with Crippen LogP contribution in [-0.4, -0.2) is 19.0 Å². The van der Waals surface area contributed by atoms with E-state index >= 15 is 0 Å². The quantitative estimate of drug-likeness (QED) is 0.702. The number of carbonyl (C=O) groups is 1. The third-order valence-corrected chi connectivity index (χ3v) is 4.78. The molecule has 2 N–H and O–H groups in total. The molecule has 28 heavy (non-hydrogen) atoms. The standard InChI is InChI=1S/C21H24F2N2O2.ClH/c22-17-3-1-2-4-19(17)27-20-7-5-16(13-18(20)23)14-25-21(26)8-6-15-9-11-24-12-10-15;/h1-5,7,13,15,24H,6,8-12,14H2,(H,25,26);1H. The van der Waals surface area contributed by atoms with Crippen molar-refractivity contribution in [3.63, 3.8) is 0 Å². The number of hydrogen-bond donors (Lipinski definition) is 2. The molecule has 3 rings (SSSR count). The first-order valence-electron chi connectivity index (χ1n) is 9.30. The Morgan fingerprint density at radius 2 is 1.79 bits per heavy atom. The lowest BCUT2D eigenvalue weighted by Gasteiger charge is -2.22. The van der Waals surface area contributed by atoms with E-state index in [4.69, 9.17) is 4.74 Å². The second-order valence-electron chi connectivity index (χ2n) is 6.81. The molecule has 4 nitrogen and oxygen atoms in total. The molecule has 1 aliphatic rings. The van der Waals surface area contributed by atoms with Gasteiger partial charge in [-0.05, 0) is 68.1 Å². The number of nitrogens with one attached hydrogen (secondary N) is 2. The summed E-state index contributed by atoms with van der Waals surface area (Å²) in [6, 6.07) is 10.2. The van der Waals surface area contributed by atoms with Crippen molar-refractivity contribution in [2.75, 3.05) is 13.1 Å². The molecule has 0 bridgehead atoms. The van der Waals surface area contributed by atoms with Gasteiger partial charge < -0.3 is 15.4 Å². The predicted molar refractivity (Wildman–Crippen MR) is 107 cm³/mol. The van der Waals surface area contributed by atoms with E-state index in [1.54, 1.807) is 12.1 Å². The lowest BCUT2D eigenvalue weighted by Crippen LogP contribution is -2.29. The minimum atomic E-state index is -0.597. The molecule has 0 atom stereocenters. The smallest absolute Gasteiger partial charge is 0.220 e. The summed E-state index contributed by atoms with van der Waals surface area (Å²) in [5, 5.41) is 6.13. The van der Waals surface area contributed by atoms with Gasteiger partial charge >= 0.3 is 0 Å². The molecular weight excluding hydrogens is 386 g/mol. The predicted octanol–water partition coefficient (Wildman–Crippen LogP) is 4.57. The Morgan fingerprint density at radius 1 is 1.07 bits per heavy atom. The molecular formula is C21H25ClF2N2O2. The topological polar surface area (TPSA) is 50.4 Å². The highest BCUT2D eigenvalue weighted by Gasteiger charge is 2.14. The minimum absolute atomic E-state index is 0. The maximum absolute atomic E-state index is 14.2. The maximum Gasteiger partial charge on any atom is 0.220 e. The third kappa shape index (κ3) is 6.46. The summed E-state index contributed by atoms with van der Waals surface area (Å²) >= 11 is 0. The van der Waals surface area contributed by atoms with Gasteiger partial charge in [-0.1, -0.05) is 18.2 Å². The van der Waals surface area contributed by atoms with Crippen LogP contribution < -0.4 is 15.4 Å².